The van der Waals surface area contributed by atoms with Crippen LogP contribution in [0.2, 0.25) is 0 Å². The van der Waals surface area contributed by atoms with Crippen molar-refractivity contribution in [3.8, 4) is 0 Å². The summed E-state index contributed by atoms with van der Waals surface area (Å²) in [5, 5.41) is 11.7. The number of hydrogen-bond acceptors (Lipinski definition) is 3. The van der Waals surface area contributed by atoms with Crippen molar-refractivity contribution in [2.24, 2.45) is 0 Å². The molecule has 4 heteroatoms. The van der Waals surface area contributed by atoms with Gasteiger partial charge in [0, 0.05) is 37.6 Å². The minimum Gasteiger partial charge on any atom is -0.478 e. The molecule has 0 heterocycles. The van der Waals surface area contributed by atoms with E-state index < -0.39 is 5.97 Å². The third-order valence-electron chi connectivity index (χ3n) is 2.17. The molecule has 0 saturated heterocycles. The van der Waals surface area contributed by atoms with Gasteiger partial charge in [0.25, 0.3) is 0 Å². The van der Waals surface area contributed by atoms with E-state index in [9.17, 15) is 4.79 Å². The number of hydrogen-bond donors (Lipinski definition) is 2. The molecular weight excluding hydrogens is 204 g/mol. The van der Waals surface area contributed by atoms with E-state index in [0.29, 0.717) is 0 Å². The van der Waals surface area contributed by atoms with Crippen LogP contribution in [0.15, 0.2) is 36.4 Å². The molecule has 0 unspecified atom stereocenters. The highest BCUT2D eigenvalue weighted by molar-refractivity contribution is 5.86. The fourth-order valence-corrected chi connectivity index (χ4v) is 1.18. The minimum absolute atomic E-state index is 0.148. The standard InChI is InChI=1S/C12H16N2O2/c1-9(12(15)16)8-13-10-5-4-6-11(7-10)14(2)3/h4-7,13H,1,8H2,2-3H3,(H,15,16). The molecule has 1 aromatic rings. The summed E-state index contributed by atoms with van der Waals surface area (Å²) in [5.74, 6) is -0.976. The van der Waals surface area contributed by atoms with Crippen LogP contribution in [0.25, 0.3) is 0 Å². The smallest absolute Gasteiger partial charge is 0.332 e. The average Bonchev–Trinajstić information content (AvgIpc) is 2.26. The molecule has 0 bridgehead atoms. The molecule has 0 fully saturated rings. The van der Waals surface area contributed by atoms with Gasteiger partial charge in [-0.25, -0.2) is 4.79 Å². The minimum atomic E-state index is -0.976. The van der Waals surface area contributed by atoms with E-state index in [1.807, 2.05) is 43.3 Å². The zero-order chi connectivity index (χ0) is 12.1. The first-order valence-electron chi connectivity index (χ1n) is 4.93. The van der Waals surface area contributed by atoms with Crippen molar-refractivity contribution in [2.45, 2.75) is 0 Å². The first-order valence-corrected chi connectivity index (χ1v) is 4.93. The lowest BCUT2D eigenvalue weighted by atomic mass is 10.2. The maximum absolute atomic E-state index is 10.5. The highest BCUT2D eigenvalue weighted by Gasteiger charge is 2.03. The van der Waals surface area contributed by atoms with Gasteiger partial charge in [-0.15, -0.1) is 0 Å². The zero-order valence-electron chi connectivity index (χ0n) is 9.53. The maximum atomic E-state index is 10.5. The number of carboxylic acid groups (broad SMARTS) is 1. The molecule has 4 nitrogen and oxygen atoms in total. The van der Waals surface area contributed by atoms with E-state index in [1.54, 1.807) is 0 Å². The largest absolute Gasteiger partial charge is 0.478 e. The van der Waals surface area contributed by atoms with Crippen molar-refractivity contribution in [1.82, 2.24) is 0 Å². The molecule has 0 aromatic heterocycles. The van der Waals surface area contributed by atoms with E-state index in [-0.39, 0.29) is 12.1 Å². The van der Waals surface area contributed by atoms with Crippen LogP contribution in [0.1, 0.15) is 0 Å². The van der Waals surface area contributed by atoms with Crippen molar-refractivity contribution in [3.05, 3.63) is 36.4 Å². The molecule has 0 spiro atoms. The SMILES string of the molecule is C=C(CNc1cccc(N(C)C)c1)C(=O)O. The van der Waals surface area contributed by atoms with Crippen LogP contribution in [0.5, 0.6) is 0 Å². The third kappa shape index (κ3) is 3.31. The van der Waals surface area contributed by atoms with Gasteiger partial charge in [0.2, 0.25) is 0 Å². The number of benzene rings is 1. The third-order valence-corrected chi connectivity index (χ3v) is 2.17. The number of nitrogens with zero attached hydrogens (tertiary/aromatic N) is 1. The Bertz CT molecular complexity index is 400. The first kappa shape index (κ1) is 12.1. The number of rotatable bonds is 5. The van der Waals surface area contributed by atoms with Crippen LogP contribution in [0.3, 0.4) is 0 Å². The normalized spacial score (nSPS) is 9.62. The van der Waals surface area contributed by atoms with Crippen LogP contribution >= 0.6 is 0 Å². The van der Waals surface area contributed by atoms with Crippen LogP contribution in [0.4, 0.5) is 11.4 Å². The Morgan fingerprint density at radius 3 is 2.75 bits per heavy atom. The van der Waals surface area contributed by atoms with Gasteiger partial charge in [-0.3, -0.25) is 0 Å². The van der Waals surface area contributed by atoms with Crippen LogP contribution in [-0.4, -0.2) is 31.7 Å². The number of carboxylic acids is 1. The predicted molar refractivity (Wildman–Crippen MR) is 66.0 cm³/mol. The number of nitrogens with one attached hydrogen (secondary N) is 1. The van der Waals surface area contributed by atoms with E-state index >= 15 is 0 Å². The summed E-state index contributed by atoms with van der Waals surface area (Å²) in [7, 11) is 3.91. The van der Waals surface area contributed by atoms with Gasteiger partial charge in [0.15, 0.2) is 0 Å². The number of carbonyl (C=O) groups is 1. The highest BCUT2D eigenvalue weighted by atomic mass is 16.4. The summed E-state index contributed by atoms with van der Waals surface area (Å²) in [6, 6.07) is 7.75. The van der Waals surface area contributed by atoms with Crippen molar-refractivity contribution in [3.63, 3.8) is 0 Å². The summed E-state index contributed by atoms with van der Waals surface area (Å²) in [6.45, 7) is 3.70. The van der Waals surface area contributed by atoms with Gasteiger partial charge in [0.05, 0.1) is 0 Å². The molecule has 2 N–H and O–H groups in total. The summed E-state index contributed by atoms with van der Waals surface area (Å²) >= 11 is 0. The Morgan fingerprint density at radius 1 is 1.50 bits per heavy atom. The molecule has 0 aliphatic heterocycles. The fraction of sp³-hybridized carbons (Fsp3) is 0.250. The second-order valence-corrected chi connectivity index (χ2v) is 3.71. The lowest BCUT2D eigenvalue weighted by Crippen LogP contribution is -2.12. The molecule has 86 valence electrons. The van der Waals surface area contributed by atoms with Gasteiger partial charge >= 0.3 is 5.97 Å². The Hall–Kier alpha value is -1.97. The van der Waals surface area contributed by atoms with Crippen molar-refractivity contribution < 1.29 is 9.90 Å². The van der Waals surface area contributed by atoms with Crippen LogP contribution in [0, 0.1) is 0 Å². The summed E-state index contributed by atoms with van der Waals surface area (Å²) in [5.41, 5.74) is 2.09. The van der Waals surface area contributed by atoms with Crippen molar-refractivity contribution in [1.29, 1.82) is 0 Å². The fourth-order valence-electron chi connectivity index (χ4n) is 1.18. The molecule has 0 saturated carbocycles. The number of anilines is 2. The summed E-state index contributed by atoms with van der Waals surface area (Å²) < 4.78 is 0. The Labute approximate surface area is 95.2 Å². The van der Waals surface area contributed by atoms with Crippen molar-refractivity contribution >= 4 is 17.3 Å². The zero-order valence-corrected chi connectivity index (χ0v) is 9.53. The molecule has 1 aromatic carbocycles. The predicted octanol–water partition coefficient (Wildman–Crippen LogP) is 1.81. The first-order chi connectivity index (χ1) is 7.50. The van der Waals surface area contributed by atoms with E-state index in [0.717, 1.165) is 11.4 Å². The molecule has 16 heavy (non-hydrogen) atoms. The van der Waals surface area contributed by atoms with E-state index in [4.69, 9.17) is 5.11 Å². The van der Waals surface area contributed by atoms with Gasteiger partial charge in [0.1, 0.15) is 0 Å². The molecule has 0 radical (unpaired) electrons. The average molecular weight is 220 g/mol. The molecule has 0 atom stereocenters. The lowest BCUT2D eigenvalue weighted by Gasteiger charge is -2.14. The van der Waals surface area contributed by atoms with Gasteiger partial charge in [-0.1, -0.05) is 12.6 Å². The summed E-state index contributed by atoms with van der Waals surface area (Å²) in [6.07, 6.45) is 0. The Kier molecular flexibility index (Phi) is 3.94. The van der Waals surface area contributed by atoms with E-state index in [1.165, 1.54) is 0 Å². The quantitative estimate of drug-likeness (QED) is 0.743. The number of aliphatic carboxylic acids is 1. The molecule has 0 aliphatic carbocycles. The molecule has 0 aliphatic rings. The van der Waals surface area contributed by atoms with E-state index in [2.05, 4.69) is 11.9 Å². The summed E-state index contributed by atoms with van der Waals surface area (Å²) in [4.78, 5) is 12.5. The lowest BCUT2D eigenvalue weighted by molar-refractivity contribution is -0.132. The second-order valence-electron chi connectivity index (χ2n) is 3.71. The molecule has 0 amide bonds. The highest BCUT2D eigenvalue weighted by Crippen LogP contribution is 2.17. The Balaban J connectivity index is 2.64. The van der Waals surface area contributed by atoms with Crippen LogP contribution in [-0.2, 0) is 4.79 Å². The van der Waals surface area contributed by atoms with Crippen LogP contribution < -0.4 is 10.2 Å². The second kappa shape index (κ2) is 5.21. The van der Waals surface area contributed by atoms with Crippen molar-refractivity contribution in [2.75, 3.05) is 30.9 Å². The van der Waals surface area contributed by atoms with Gasteiger partial charge < -0.3 is 15.3 Å². The Morgan fingerprint density at radius 2 is 2.19 bits per heavy atom. The topological polar surface area (TPSA) is 52.6 Å². The van der Waals surface area contributed by atoms with Gasteiger partial charge in [-0.2, -0.15) is 0 Å². The molecule has 1 rings (SSSR count). The monoisotopic (exact) mass is 220 g/mol. The van der Waals surface area contributed by atoms with Gasteiger partial charge in [-0.05, 0) is 18.2 Å². The maximum Gasteiger partial charge on any atom is 0.332 e. The molecular formula is C12H16N2O2.